The van der Waals surface area contributed by atoms with E-state index in [0.717, 1.165) is 25.8 Å². The summed E-state index contributed by atoms with van der Waals surface area (Å²) in [6.45, 7) is 1.00. The molecule has 0 spiro atoms. The highest BCUT2D eigenvalue weighted by atomic mass is 79.9. The summed E-state index contributed by atoms with van der Waals surface area (Å²) in [4.78, 5) is 10.3. The van der Waals surface area contributed by atoms with Gasteiger partial charge in [0, 0.05) is 24.4 Å². The number of ether oxygens (including phenoxy) is 1. The second-order valence-electron chi connectivity index (χ2n) is 5.82. The molecule has 0 aliphatic heterocycles. The van der Waals surface area contributed by atoms with Crippen LogP contribution in [0.25, 0.3) is 0 Å². The van der Waals surface area contributed by atoms with Gasteiger partial charge in [0.2, 0.25) is 0 Å². The Labute approximate surface area is 173 Å². The molecule has 0 unspecified atom stereocenters. The quantitative estimate of drug-likeness (QED) is 0.310. The van der Waals surface area contributed by atoms with Gasteiger partial charge in [0.15, 0.2) is 0 Å². The van der Waals surface area contributed by atoms with Crippen molar-refractivity contribution in [1.82, 2.24) is 0 Å². The highest BCUT2D eigenvalue weighted by Crippen LogP contribution is 2.35. The number of hydrogen-bond donors (Lipinski definition) is 1. The summed E-state index contributed by atoms with van der Waals surface area (Å²) in [6, 6.07) is 20.3. The van der Waals surface area contributed by atoms with E-state index in [9.17, 15) is 10.1 Å². The number of nitro benzene ring substituents is 1. The zero-order valence-corrected chi connectivity index (χ0v) is 17.4. The van der Waals surface area contributed by atoms with Crippen molar-refractivity contribution in [2.45, 2.75) is 13.2 Å². The van der Waals surface area contributed by atoms with Crippen molar-refractivity contribution in [3.8, 4) is 5.75 Å². The predicted molar refractivity (Wildman–Crippen MR) is 113 cm³/mol. The monoisotopic (exact) mass is 490 g/mol. The van der Waals surface area contributed by atoms with Crippen LogP contribution < -0.4 is 10.1 Å². The van der Waals surface area contributed by atoms with Crippen LogP contribution >= 0.6 is 31.9 Å². The molecule has 5 nitrogen and oxygen atoms in total. The number of para-hydroxylation sites is 1. The Morgan fingerprint density at radius 1 is 0.926 bits per heavy atom. The van der Waals surface area contributed by atoms with Gasteiger partial charge >= 0.3 is 0 Å². The summed E-state index contributed by atoms with van der Waals surface area (Å²) in [5.41, 5.74) is 3.08. The molecule has 0 radical (unpaired) electrons. The lowest BCUT2D eigenvalue weighted by molar-refractivity contribution is -0.384. The molecule has 1 N–H and O–H groups in total. The minimum atomic E-state index is -0.417. The van der Waals surface area contributed by atoms with Gasteiger partial charge in [0.25, 0.3) is 5.69 Å². The number of anilines is 1. The fourth-order valence-electron chi connectivity index (χ4n) is 2.48. The van der Waals surface area contributed by atoms with Crippen molar-refractivity contribution >= 4 is 43.2 Å². The smallest absolute Gasteiger partial charge is 0.269 e. The van der Waals surface area contributed by atoms with E-state index in [2.05, 4.69) is 37.2 Å². The van der Waals surface area contributed by atoms with Gasteiger partial charge in [-0.25, -0.2) is 0 Å². The largest absolute Gasteiger partial charge is 0.487 e. The van der Waals surface area contributed by atoms with Crippen LogP contribution in [0.5, 0.6) is 5.75 Å². The lowest BCUT2D eigenvalue weighted by Crippen LogP contribution is -2.01. The maximum Gasteiger partial charge on any atom is 0.269 e. The van der Waals surface area contributed by atoms with Crippen LogP contribution in [-0.4, -0.2) is 4.92 Å². The molecule has 0 aromatic heterocycles. The van der Waals surface area contributed by atoms with Crippen LogP contribution in [0.3, 0.4) is 0 Å². The van der Waals surface area contributed by atoms with Gasteiger partial charge in [0.05, 0.1) is 13.9 Å². The third-order valence-electron chi connectivity index (χ3n) is 3.86. The molecule has 0 bridgehead atoms. The molecule has 0 heterocycles. The van der Waals surface area contributed by atoms with E-state index in [1.165, 1.54) is 12.1 Å². The van der Waals surface area contributed by atoms with Crippen LogP contribution in [0.2, 0.25) is 0 Å². The minimum Gasteiger partial charge on any atom is -0.487 e. The molecule has 0 atom stereocenters. The van der Waals surface area contributed by atoms with Crippen molar-refractivity contribution in [3.05, 3.63) is 96.9 Å². The van der Waals surface area contributed by atoms with E-state index >= 15 is 0 Å². The first-order chi connectivity index (χ1) is 13.0. The lowest BCUT2D eigenvalue weighted by atomic mass is 10.2. The molecule has 0 saturated carbocycles. The first-order valence-corrected chi connectivity index (χ1v) is 9.74. The summed E-state index contributed by atoms with van der Waals surface area (Å²) in [6.07, 6.45) is 0. The Bertz CT molecular complexity index is 909. The molecule has 0 amide bonds. The molecule has 138 valence electrons. The number of halogens is 2. The van der Waals surface area contributed by atoms with Crippen molar-refractivity contribution in [2.75, 3.05) is 5.32 Å². The van der Waals surface area contributed by atoms with Crippen molar-refractivity contribution < 1.29 is 9.66 Å². The summed E-state index contributed by atoms with van der Waals surface area (Å²) >= 11 is 7.11. The van der Waals surface area contributed by atoms with Gasteiger partial charge in [-0.15, -0.1) is 0 Å². The predicted octanol–water partition coefficient (Wildman–Crippen LogP) is 6.31. The highest BCUT2D eigenvalue weighted by molar-refractivity contribution is 9.11. The summed E-state index contributed by atoms with van der Waals surface area (Å²) in [5, 5.41) is 14.1. The average molecular weight is 492 g/mol. The van der Waals surface area contributed by atoms with E-state index in [4.69, 9.17) is 4.74 Å². The van der Waals surface area contributed by atoms with Gasteiger partial charge in [0.1, 0.15) is 12.4 Å². The van der Waals surface area contributed by atoms with Crippen LogP contribution in [0, 0.1) is 10.1 Å². The van der Waals surface area contributed by atoms with Gasteiger partial charge in [-0.1, -0.05) is 18.2 Å². The number of nitrogens with one attached hydrogen (secondary N) is 1. The molecule has 27 heavy (non-hydrogen) atoms. The number of rotatable bonds is 7. The summed E-state index contributed by atoms with van der Waals surface area (Å²) < 4.78 is 7.56. The van der Waals surface area contributed by atoms with E-state index in [0.29, 0.717) is 18.9 Å². The number of nitrogens with zero attached hydrogens (tertiary/aromatic N) is 1. The SMILES string of the molecule is O=[N+]([O-])c1ccc(COc2c(Br)cc(CNc3ccccc3)cc2Br)cc1. The number of non-ortho nitro benzene ring substituents is 1. The molecular formula is C20H16Br2N2O3. The van der Waals surface area contributed by atoms with Crippen LogP contribution in [0.15, 0.2) is 75.7 Å². The standard InChI is InChI=1S/C20H16Br2N2O3/c21-18-10-15(12-23-16-4-2-1-3-5-16)11-19(22)20(18)27-13-14-6-8-17(9-7-14)24(25)26/h1-11,23H,12-13H2. The molecule has 0 saturated heterocycles. The molecular weight excluding hydrogens is 476 g/mol. The first kappa shape index (κ1) is 19.4. The maximum absolute atomic E-state index is 10.7. The van der Waals surface area contributed by atoms with Gasteiger partial charge < -0.3 is 10.1 Å². The van der Waals surface area contributed by atoms with Crippen LogP contribution in [0.4, 0.5) is 11.4 Å². The fourth-order valence-corrected chi connectivity index (χ4v) is 3.99. The second-order valence-corrected chi connectivity index (χ2v) is 7.53. The Morgan fingerprint density at radius 3 is 2.15 bits per heavy atom. The number of benzene rings is 3. The molecule has 0 aliphatic carbocycles. The lowest BCUT2D eigenvalue weighted by Gasteiger charge is -2.13. The van der Waals surface area contributed by atoms with E-state index in [-0.39, 0.29) is 5.69 Å². The van der Waals surface area contributed by atoms with E-state index < -0.39 is 4.92 Å². The van der Waals surface area contributed by atoms with Crippen molar-refractivity contribution in [3.63, 3.8) is 0 Å². The Morgan fingerprint density at radius 2 is 1.56 bits per heavy atom. The molecule has 3 aromatic carbocycles. The van der Waals surface area contributed by atoms with E-state index in [1.54, 1.807) is 12.1 Å². The van der Waals surface area contributed by atoms with Gasteiger partial charge in [-0.3, -0.25) is 10.1 Å². The molecule has 3 rings (SSSR count). The molecule has 3 aromatic rings. The van der Waals surface area contributed by atoms with Gasteiger partial charge in [-0.05, 0) is 79.4 Å². The number of nitro groups is 1. The van der Waals surface area contributed by atoms with Crippen LogP contribution in [0.1, 0.15) is 11.1 Å². The van der Waals surface area contributed by atoms with E-state index in [1.807, 2.05) is 42.5 Å². The normalized spacial score (nSPS) is 10.4. The zero-order valence-electron chi connectivity index (χ0n) is 14.2. The van der Waals surface area contributed by atoms with Crippen LogP contribution in [-0.2, 0) is 13.2 Å². The zero-order chi connectivity index (χ0) is 19.2. The fraction of sp³-hybridized carbons (Fsp3) is 0.100. The summed E-state index contributed by atoms with van der Waals surface area (Å²) in [7, 11) is 0. The van der Waals surface area contributed by atoms with Gasteiger partial charge in [-0.2, -0.15) is 0 Å². The molecule has 7 heteroatoms. The Hall–Kier alpha value is -2.38. The highest BCUT2D eigenvalue weighted by Gasteiger charge is 2.10. The third-order valence-corrected chi connectivity index (χ3v) is 5.04. The number of hydrogen-bond acceptors (Lipinski definition) is 4. The summed E-state index contributed by atoms with van der Waals surface area (Å²) in [5.74, 6) is 0.691. The topological polar surface area (TPSA) is 64.4 Å². The molecule has 0 fully saturated rings. The first-order valence-electron chi connectivity index (χ1n) is 8.16. The Balaban J connectivity index is 1.65. The second kappa shape index (κ2) is 9.01. The third kappa shape index (κ3) is 5.30. The Kier molecular flexibility index (Phi) is 6.47. The van der Waals surface area contributed by atoms with Crippen molar-refractivity contribution in [2.24, 2.45) is 0 Å². The van der Waals surface area contributed by atoms with Crippen molar-refractivity contribution in [1.29, 1.82) is 0 Å². The average Bonchev–Trinajstić information content (AvgIpc) is 2.67. The minimum absolute atomic E-state index is 0.0661. The maximum atomic E-state index is 10.7. The molecule has 0 aliphatic rings.